The first-order valence-corrected chi connectivity index (χ1v) is 6.03. The van der Waals surface area contributed by atoms with E-state index in [1.165, 1.54) is 6.20 Å². The lowest BCUT2D eigenvalue weighted by atomic mass is 10.2. The van der Waals surface area contributed by atoms with Crippen LogP contribution in [0.15, 0.2) is 6.20 Å². The van der Waals surface area contributed by atoms with Crippen LogP contribution in [0, 0.1) is 3.57 Å². The van der Waals surface area contributed by atoms with Crippen LogP contribution in [0.4, 0.5) is 13.2 Å². The zero-order valence-corrected chi connectivity index (χ0v) is 11.3. The number of carbonyl (C=O) groups excluding carboxylic acids is 1. The van der Waals surface area contributed by atoms with Crippen molar-refractivity contribution in [1.29, 1.82) is 0 Å². The quantitative estimate of drug-likeness (QED) is 0.437. The Bertz CT molecular complexity index is 411. The Morgan fingerprint density at radius 1 is 1.56 bits per heavy atom. The van der Waals surface area contributed by atoms with E-state index in [1.807, 2.05) is 0 Å². The van der Waals surface area contributed by atoms with Gasteiger partial charge in [0.25, 0.3) is 0 Å². The zero-order chi connectivity index (χ0) is 12.3. The highest BCUT2D eigenvalue weighted by Gasteiger charge is 2.33. The molecule has 16 heavy (non-hydrogen) atoms. The van der Waals surface area contributed by atoms with Crippen molar-refractivity contribution in [3.63, 3.8) is 0 Å². The summed E-state index contributed by atoms with van der Waals surface area (Å²) in [6.07, 6.45) is -3.32. The predicted molar refractivity (Wildman–Crippen MR) is 61.7 cm³/mol. The van der Waals surface area contributed by atoms with E-state index in [-0.39, 0.29) is 20.2 Å². The molecular formula is C8H4BrF3INO2. The number of alkyl halides is 4. The molecule has 88 valence electrons. The first-order valence-electron chi connectivity index (χ1n) is 3.83. The number of aldehydes is 1. The SMILES string of the molecule is O=Cc1c(CBr)ncc(I)c1OC(F)(F)F. The lowest BCUT2D eigenvalue weighted by molar-refractivity contribution is -0.275. The molecule has 8 heteroatoms. The number of pyridine rings is 1. The lowest BCUT2D eigenvalue weighted by Gasteiger charge is -2.13. The van der Waals surface area contributed by atoms with Gasteiger partial charge in [0.05, 0.1) is 14.8 Å². The lowest BCUT2D eigenvalue weighted by Crippen LogP contribution is -2.19. The topological polar surface area (TPSA) is 39.2 Å². The molecule has 0 bridgehead atoms. The maximum Gasteiger partial charge on any atom is 0.573 e. The van der Waals surface area contributed by atoms with Gasteiger partial charge in [0.2, 0.25) is 0 Å². The Balaban J connectivity index is 3.29. The molecular weight excluding hydrogens is 406 g/mol. The number of aromatic nitrogens is 1. The fourth-order valence-corrected chi connectivity index (χ4v) is 1.96. The second kappa shape index (κ2) is 5.30. The molecule has 0 aliphatic rings. The second-order valence-electron chi connectivity index (χ2n) is 2.59. The molecule has 0 radical (unpaired) electrons. The first-order chi connectivity index (χ1) is 7.39. The minimum absolute atomic E-state index is 0.127. The van der Waals surface area contributed by atoms with E-state index < -0.39 is 12.1 Å². The second-order valence-corrected chi connectivity index (χ2v) is 4.32. The molecule has 0 atom stereocenters. The molecule has 3 nitrogen and oxygen atoms in total. The molecule has 0 aromatic carbocycles. The van der Waals surface area contributed by atoms with Gasteiger partial charge in [-0.15, -0.1) is 13.2 Å². The van der Waals surface area contributed by atoms with Gasteiger partial charge in [-0.1, -0.05) is 15.9 Å². The maximum absolute atomic E-state index is 12.1. The molecule has 0 spiro atoms. The van der Waals surface area contributed by atoms with E-state index in [1.54, 1.807) is 22.6 Å². The van der Waals surface area contributed by atoms with Crippen LogP contribution in [0.2, 0.25) is 0 Å². The zero-order valence-electron chi connectivity index (χ0n) is 7.52. The van der Waals surface area contributed by atoms with E-state index in [0.717, 1.165) is 0 Å². The molecule has 1 aromatic heterocycles. The van der Waals surface area contributed by atoms with Crippen molar-refractivity contribution in [3.05, 3.63) is 21.0 Å². The third-order valence-corrected chi connectivity index (χ3v) is 2.87. The Hall–Kier alpha value is -0.380. The number of carbonyl (C=O) groups is 1. The summed E-state index contributed by atoms with van der Waals surface area (Å²) in [5.41, 5.74) is 0.00997. The number of rotatable bonds is 3. The van der Waals surface area contributed by atoms with Crippen LogP contribution in [-0.4, -0.2) is 17.6 Å². The molecule has 0 fully saturated rings. The summed E-state index contributed by atoms with van der Waals surface area (Å²) >= 11 is 4.65. The molecule has 0 unspecified atom stereocenters. The summed E-state index contributed by atoms with van der Waals surface area (Å²) in [6.45, 7) is 0. The normalized spacial score (nSPS) is 11.3. The summed E-state index contributed by atoms with van der Waals surface area (Å²) in [7, 11) is 0. The van der Waals surface area contributed by atoms with Crippen molar-refractivity contribution >= 4 is 44.8 Å². The van der Waals surface area contributed by atoms with Crippen molar-refractivity contribution in [2.75, 3.05) is 0 Å². The number of halogens is 5. The summed E-state index contributed by atoms with van der Waals surface area (Å²) in [5, 5.41) is 0.173. The van der Waals surface area contributed by atoms with E-state index in [2.05, 4.69) is 25.7 Å². The van der Waals surface area contributed by atoms with Crippen LogP contribution in [0.1, 0.15) is 16.1 Å². The van der Waals surface area contributed by atoms with Gasteiger partial charge >= 0.3 is 6.36 Å². The average molecular weight is 410 g/mol. The molecule has 1 aromatic rings. The Morgan fingerprint density at radius 2 is 2.19 bits per heavy atom. The van der Waals surface area contributed by atoms with E-state index in [0.29, 0.717) is 6.29 Å². The molecule has 0 saturated carbocycles. The fourth-order valence-electron chi connectivity index (χ4n) is 0.970. The number of hydrogen-bond acceptors (Lipinski definition) is 3. The van der Waals surface area contributed by atoms with Gasteiger partial charge in [-0.3, -0.25) is 9.78 Å². The van der Waals surface area contributed by atoms with Crippen LogP contribution in [-0.2, 0) is 5.33 Å². The smallest absolute Gasteiger partial charge is 0.404 e. The summed E-state index contributed by atoms with van der Waals surface area (Å²) < 4.78 is 40.2. The van der Waals surface area contributed by atoms with Crippen LogP contribution in [0.25, 0.3) is 0 Å². The highest BCUT2D eigenvalue weighted by Crippen LogP contribution is 2.31. The third kappa shape index (κ3) is 3.30. The van der Waals surface area contributed by atoms with Gasteiger partial charge in [0.15, 0.2) is 12.0 Å². The molecule has 0 aliphatic heterocycles. The molecule has 1 heterocycles. The van der Waals surface area contributed by atoms with Gasteiger partial charge < -0.3 is 4.74 Å². The summed E-state index contributed by atoms with van der Waals surface area (Å²) in [5.74, 6) is -0.507. The number of ether oxygens (including phenoxy) is 1. The van der Waals surface area contributed by atoms with E-state index in [9.17, 15) is 18.0 Å². The Labute approximate surface area is 111 Å². The molecule has 0 amide bonds. The van der Waals surface area contributed by atoms with E-state index in [4.69, 9.17) is 0 Å². The van der Waals surface area contributed by atoms with Gasteiger partial charge in [0.1, 0.15) is 0 Å². The molecule has 0 saturated heterocycles. The van der Waals surface area contributed by atoms with Gasteiger partial charge in [-0.05, 0) is 22.6 Å². The van der Waals surface area contributed by atoms with Gasteiger partial charge in [-0.2, -0.15) is 0 Å². The summed E-state index contributed by atoms with van der Waals surface area (Å²) in [6, 6.07) is 0. The largest absolute Gasteiger partial charge is 0.573 e. The van der Waals surface area contributed by atoms with Crippen LogP contribution >= 0.6 is 38.5 Å². The van der Waals surface area contributed by atoms with Crippen LogP contribution < -0.4 is 4.74 Å². The van der Waals surface area contributed by atoms with Gasteiger partial charge in [-0.25, -0.2) is 0 Å². The number of nitrogens with zero attached hydrogens (tertiary/aromatic N) is 1. The van der Waals surface area contributed by atoms with Crippen molar-refractivity contribution in [2.45, 2.75) is 11.7 Å². The summed E-state index contributed by atoms with van der Waals surface area (Å²) in [4.78, 5) is 14.6. The third-order valence-electron chi connectivity index (χ3n) is 1.57. The minimum Gasteiger partial charge on any atom is -0.404 e. The highest BCUT2D eigenvalue weighted by molar-refractivity contribution is 14.1. The van der Waals surface area contributed by atoms with Crippen LogP contribution in [0.5, 0.6) is 5.75 Å². The Morgan fingerprint density at radius 3 is 2.62 bits per heavy atom. The standard InChI is InChI=1S/C8H4BrF3INO2/c9-1-6-4(3-15)7(5(13)2-14-6)16-8(10,11)12/h2-3H,1H2. The van der Waals surface area contributed by atoms with E-state index >= 15 is 0 Å². The van der Waals surface area contributed by atoms with Crippen molar-refractivity contribution in [2.24, 2.45) is 0 Å². The van der Waals surface area contributed by atoms with Crippen molar-refractivity contribution in [3.8, 4) is 5.75 Å². The first kappa shape index (κ1) is 13.7. The molecule has 1 rings (SSSR count). The molecule has 0 aliphatic carbocycles. The molecule has 0 N–H and O–H groups in total. The number of hydrogen-bond donors (Lipinski definition) is 0. The predicted octanol–water partition coefficient (Wildman–Crippen LogP) is 3.29. The van der Waals surface area contributed by atoms with Crippen molar-refractivity contribution in [1.82, 2.24) is 4.98 Å². The monoisotopic (exact) mass is 409 g/mol. The maximum atomic E-state index is 12.1. The highest BCUT2D eigenvalue weighted by atomic mass is 127. The minimum atomic E-state index is -4.83. The Kier molecular flexibility index (Phi) is 4.53. The van der Waals surface area contributed by atoms with Crippen LogP contribution in [0.3, 0.4) is 0 Å². The van der Waals surface area contributed by atoms with Gasteiger partial charge in [0, 0.05) is 11.5 Å². The van der Waals surface area contributed by atoms with Crippen molar-refractivity contribution < 1.29 is 22.7 Å². The average Bonchev–Trinajstić information content (AvgIpc) is 2.19. The fraction of sp³-hybridized carbons (Fsp3) is 0.250.